The van der Waals surface area contributed by atoms with Gasteiger partial charge in [-0.1, -0.05) is 0 Å². The van der Waals surface area contributed by atoms with E-state index in [4.69, 9.17) is 5.11 Å². The monoisotopic (exact) mass is 258 g/mol. The van der Waals surface area contributed by atoms with Gasteiger partial charge < -0.3 is 10.4 Å². The Labute approximate surface area is 110 Å². The van der Waals surface area contributed by atoms with Gasteiger partial charge in [0.2, 0.25) is 5.95 Å². The topological polar surface area (TPSA) is 88.0 Å². The third-order valence-corrected chi connectivity index (χ3v) is 2.66. The Morgan fingerprint density at radius 2 is 2.11 bits per heavy atom. The van der Waals surface area contributed by atoms with E-state index >= 15 is 0 Å². The first kappa shape index (κ1) is 12.9. The van der Waals surface area contributed by atoms with Crippen molar-refractivity contribution in [2.24, 2.45) is 0 Å². The summed E-state index contributed by atoms with van der Waals surface area (Å²) in [5.41, 5.74) is 1.75. The highest BCUT2D eigenvalue weighted by Gasteiger charge is 2.09. The second-order valence-corrected chi connectivity index (χ2v) is 4.03. The molecule has 2 N–H and O–H groups in total. The summed E-state index contributed by atoms with van der Waals surface area (Å²) in [5, 5.41) is 11.9. The van der Waals surface area contributed by atoms with Gasteiger partial charge in [-0.05, 0) is 31.0 Å². The van der Waals surface area contributed by atoms with Crippen LogP contribution in [-0.4, -0.2) is 32.6 Å². The maximum absolute atomic E-state index is 10.8. The Balaban J connectivity index is 1.93. The van der Waals surface area contributed by atoms with E-state index in [1.54, 1.807) is 19.3 Å². The minimum Gasteiger partial charge on any atom is -0.478 e. The second-order valence-electron chi connectivity index (χ2n) is 4.03. The standard InChI is InChI=1S/C13H14N4O2/c1-9-11(12(18)19)8-16-13(17-9)15-7-4-10-2-5-14-6-3-10/h2-3,5-6,8H,4,7H2,1H3,(H,18,19)(H,15,16,17). The van der Waals surface area contributed by atoms with Crippen molar-refractivity contribution in [2.75, 3.05) is 11.9 Å². The molecule has 2 heterocycles. The lowest BCUT2D eigenvalue weighted by Gasteiger charge is -2.06. The Hall–Kier alpha value is -2.50. The predicted molar refractivity (Wildman–Crippen MR) is 70.2 cm³/mol. The van der Waals surface area contributed by atoms with E-state index in [9.17, 15) is 4.79 Å². The molecular formula is C13H14N4O2. The van der Waals surface area contributed by atoms with Crippen molar-refractivity contribution in [3.63, 3.8) is 0 Å². The van der Waals surface area contributed by atoms with Gasteiger partial charge in [0.1, 0.15) is 0 Å². The fourth-order valence-corrected chi connectivity index (χ4v) is 1.63. The van der Waals surface area contributed by atoms with Crippen LogP contribution in [0.1, 0.15) is 21.6 Å². The van der Waals surface area contributed by atoms with Crippen LogP contribution in [0.25, 0.3) is 0 Å². The zero-order valence-corrected chi connectivity index (χ0v) is 10.5. The van der Waals surface area contributed by atoms with Crippen LogP contribution in [0.4, 0.5) is 5.95 Å². The molecule has 0 spiro atoms. The van der Waals surface area contributed by atoms with Gasteiger partial charge in [-0.25, -0.2) is 14.8 Å². The molecule has 0 saturated carbocycles. The highest BCUT2D eigenvalue weighted by molar-refractivity contribution is 5.88. The Morgan fingerprint density at radius 1 is 1.37 bits per heavy atom. The molecule has 2 aromatic rings. The van der Waals surface area contributed by atoms with E-state index in [1.165, 1.54) is 11.8 Å². The first-order valence-electron chi connectivity index (χ1n) is 5.86. The van der Waals surface area contributed by atoms with E-state index in [2.05, 4.69) is 20.3 Å². The number of aryl methyl sites for hydroxylation is 1. The number of aromatic nitrogens is 3. The molecule has 0 aliphatic rings. The average molecular weight is 258 g/mol. The zero-order valence-electron chi connectivity index (χ0n) is 10.5. The number of pyridine rings is 1. The fourth-order valence-electron chi connectivity index (χ4n) is 1.63. The number of hydrogen-bond donors (Lipinski definition) is 2. The molecule has 98 valence electrons. The highest BCUT2D eigenvalue weighted by Crippen LogP contribution is 2.07. The normalized spacial score (nSPS) is 10.2. The molecule has 0 bridgehead atoms. The molecular weight excluding hydrogens is 244 g/mol. The summed E-state index contributed by atoms with van der Waals surface area (Å²) in [5.74, 6) is -0.572. The molecule has 19 heavy (non-hydrogen) atoms. The third-order valence-electron chi connectivity index (χ3n) is 2.66. The summed E-state index contributed by atoms with van der Waals surface area (Å²) in [6.45, 7) is 2.33. The van der Waals surface area contributed by atoms with E-state index in [-0.39, 0.29) is 5.56 Å². The highest BCUT2D eigenvalue weighted by atomic mass is 16.4. The molecule has 0 radical (unpaired) electrons. The molecule has 0 aromatic carbocycles. The van der Waals surface area contributed by atoms with Gasteiger partial charge in [-0.3, -0.25) is 4.98 Å². The summed E-state index contributed by atoms with van der Waals surface area (Å²) in [7, 11) is 0. The lowest BCUT2D eigenvalue weighted by Crippen LogP contribution is -2.11. The van der Waals surface area contributed by atoms with Crippen LogP contribution in [0.15, 0.2) is 30.7 Å². The number of anilines is 1. The molecule has 0 aliphatic carbocycles. The van der Waals surface area contributed by atoms with Crippen molar-refractivity contribution >= 4 is 11.9 Å². The largest absolute Gasteiger partial charge is 0.478 e. The van der Waals surface area contributed by atoms with Crippen LogP contribution in [0, 0.1) is 6.92 Å². The molecule has 0 atom stereocenters. The lowest BCUT2D eigenvalue weighted by molar-refractivity contribution is 0.0695. The molecule has 0 amide bonds. The quantitative estimate of drug-likeness (QED) is 0.845. The smallest absolute Gasteiger partial charge is 0.339 e. The summed E-state index contributed by atoms with van der Waals surface area (Å²) in [6.07, 6.45) is 5.64. The first-order valence-corrected chi connectivity index (χ1v) is 5.86. The van der Waals surface area contributed by atoms with Crippen LogP contribution in [-0.2, 0) is 6.42 Å². The summed E-state index contributed by atoms with van der Waals surface area (Å²) < 4.78 is 0. The fraction of sp³-hybridized carbons (Fsp3) is 0.231. The third kappa shape index (κ3) is 3.48. The second kappa shape index (κ2) is 5.90. The Bertz CT molecular complexity index is 572. The first-order chi connectivity index (χ1) is 9.16. The van der Waals surface area contributed by atoms with Crippen molar-refractivity contribution in [1.29, 1.82) is 0 Å². The van der Waals surface area contributed by atoms with Gasteiger partial charge in [0.25, 0.3) is 0 Å². The number of nitrogens with one attached hydrogen (secondary N) is 1. The van der Waals surface area contributed by atoms with Crippen molar-refractivity contribution in [3.8, 4) is 0 Å². The van der Waals surface area contributed by atoms with Gasteiger partial charge in [0.15, 0.2) is 0 Å². The molecule has 2 rings (SSSR count). The number of hydrogen-bond acceptors (Lipinski definition) is 5. The van der Waals surface area contributed by atoms with Crippen LogP contribution < -0.4 is 5.32 Å². The van der Waals surface area contributed by atoms with Crippen molar-refractivity contribution in [1.82, 2.24) is 15.0 Å². The van der Waals surface area contributed by atoms with Gasteiger partial charge in [-0.2, -0.15) is 0 Å². The Kier molecular flexibility index (Phi) is 4.02. The van der Waals surface area contributed by atoms with E-state index in [0.717, 1.165) is 6.42 Å². The lowest BCUT2D eigenvalue weighted by atomic mass is 10.2. The summed E-state index contributed by atoms with van der Waals surface area (Å²) in [6, 6.07) is 3.89. The number of rotatable bonds is 5. The SMILES string of the molecule is Cc1nc(NCCc2ccncc2)ncc1C(=O)O. The average Bonchev–Trinajstić information content (AvgIpc) is 2.39. The predicted octanol–water partition coefficient (Wildman–Crippen LogP) is 1.53. The van der Waals surface area contributed by atoms with Crippen LogP contribution in [0.2, 0.25) is 0 Å². The number of nitrogens with zero attached hydrogens (tertiary/aromatic N) is 3. The van der Waals surface area contributed by atoms with Gasteiger partial charge in [-0.15, -0.1) is 0 Å². The number of carboxylic acid groups (broad SMARTS) is 1. The zero-order chi connectivity index (χ0) is 13.7. The molecule has 6 heteroatoms. The molecule has 6 nitrogen and oxygen atoms in total. The molecule has 0 aliphatic heterocycles. The van der Waals surface area contributed by atoms with E-state index < -0.39 is 5.97 Å². The van der Waals surface area contributed by atoms with E-state index in [0.29, 0.717) is 18.2 Å². The maximum atomic E-state index is 10.8. The minimum absolute atomic E-state index is 0.125. The molecule has 0 saturated heterocycles. The summed E-state index contributed by atoms with van der Waals surface area (Å²) in [4.78, 5) is 22.9. The molecule has 0 unspecified atom stereocenters. The maximum Gasteiger partial charge on any atom is 0.339 e. The minimum atomic E-state index is -1.01. The van der Waals surface area contributed by atoms with Crippen molar-refractivity contribution in [3.05, 3.63) is 47.5 Å². The molecule has 2 aromatic heterocycles. The summed E-state index contributed by atoms with van der Waals surface area (Å²) >= 11 is 0. The van der Waals surface area contributed by atoms with Gasteiger partial charge in [0, 0.05) is 25.1 Å². The Morgan fingerprint density at radius 3 is 2.74 bits per heavy atom. The van der Waals surface area contributed by atoms with Crippen molar-refractivity contribution < 1.29 is 9.90 Å². The van der Waals surface area contributed by atoms with Crippen molar-refractivity contribution in [2.45, 2.75) is 13.3 Å². The number of aromatic carboxylic acids is 1. The number of carboxylic acids is 1. The molecule has 0 fully saturated rings. The van der Waals surface area contributed by atoms with Crippen LogP contribution >= 0.6 is 0 Å². The van der Waals surface area contributed by atoms with E-state index in [1.807, 2.05) is 12.1 Å². The number of carbonyl (C=O) groups is 1. The van der Waals surface area contributed by atoms with Crippen LogP contribution in [0.5, 0.6) is 0 Å². The van der Waals surface area contributed by atoms with Gasteiger partial charge >= 0.3 is 5.97 Å². The van der Waals surface area contributed by atoms with Crippen LogP contribution in [0.3, 0.4) is 0 Å². The van der Waals surface area contributed by atoms with Gasteiger partial charge in [0.05, 0.1) is 11.3 Å².